The monoisotopic (exact) mass is 293 g/mol. The van der Waals surface area contributed by atoms with Crippen LogP contribution in [0.25, 0.3) is 0 Å². The molecule has 1 N–H and O–H groups in total. The molecule has 0 fully saturated rings. The maximum atomic E-state index is 12.3. The van der Waals surface area contributed by atoms with Crippen LogP contribution in [0.3, 0.4) is 0 Å². The molecule has 1 rings (SSSR count). The second-order valence-corrected chi connectivity index (χ2v) is 5.43. The van der Waals surface area contributed by atoms with Crippen LogP contribution < -0.4 is 5.32 Å². The summed E-state index contributed by atoms with van der Waals surface area (Å²) < 4.78 is 0. The zero-order chi connectivity index (χ0) is 16.0. The van der Waals surface area contributed by atoms with E-state index < -0.39 is 4.92 Å². The van der Waals surface area contributed by atoms with Gasteiger partial charge in [-0.25, -0.2) is 0 Å². The van der Waals surface area contributed by atoms with Crippen LogP contribution in [0.15, 0.2) is 18.2 Å². The Hall–Kier alpha value is -2.11. The van der Waals surface area contributed by atoms with E-state index in [1.54, 1.807) is 18.0 Å². The molecule has 1 amide bonds. The van der Waals surface area contributed by atoms with Crippen molar-refractivity contribution in [1.29, 1.82) is 0 Å². The van der Waals surface area contributed by atoms with Gasteiger partial charge in [-0.3, -0.25) is 14.9 Å². The van der Waals surface area contributed by atoms with Crippen LogP contribution in [-0.2, 0) is 0 Å². The topological polar surface area (TPSA) is 75.5 Å². The summed E-state index contributed by atoms with van der Waals surface area (Å²) in [4.78, 5) is 24.5. The van der Waals surface area contributed by atoms with Crippen LogP contribution in [0.1, 0.15) is 37.6 Å². The smallest absolute Gasteiger partial charge is 0.292 e. The first-order valence-electron chi connectivity index (χ1n) is 7.14. The minimum Gasteiger partial charge on any atom is -0.380 e. The van der Waals surface area contributed by atoms with Crippen LogP contribution >= 0.6 is 0 Å². The number of nitrogens with one attached hydrogen (secondary N) is 1. The molecule has 0 spiro atoms. The third-order valence-electron chi connectivity index (χ3n) is 3.20. The number of anilines is 1. The molecule has 1 aromatic rings. The molecule has 0 atom stereocenters. The average Bonchev–Trinajstić information content (AvgIpc) is 2.43. The number of carbonyl (C=O) groups is 1. The highest BCUT2D eigenvalue weighted by Gasteiger charge is 2.18. The van der Waals surface area contributed by atoms with Gasteiger partial charge in [0.2, 0.25) is 0 Å². The lowest BCUT2D eigenvalue weighted by molar-refractivity contribution is -0.384. The van der Waals surface area contributed by atoms with Gasteiger partial charge in [-0.2, -0.15) is 0 Å². The summed E-state index contributed by atoms with van der Waals surface area (Å²) in [5, 5.41) is 13.9. The number of nitrogens with zero attached hydrogens (tertiary/aromatic N) is 2. The average molecular weight is 293 g/mol. The second kappa shape index (κ2) is 7.61. The summed E-state index contributed by atoms with van der Waals surface area (Å²) in [5.74, 6) is 0.402. The number of benzene rings is 1. The highest BCUT2D eigenvalue weighted by atomic mass is 16.6. The van der Waals surface area contributed by atoms with Gasteiger partial charge in [-0.15, -0.1) is 0 Å². The number of nitro groups is 1. The largest absolute Gasteiger partial charge is 0.380 e. The fourth-order valence-corrected chi connectivity index (χ4v) is 1.93. The molecular weight excluding hydrogens is 270 g/mol. The Morgan fingerprint density at radius 1 is 1.43 bits per heavy atom. The SMILES string of the molecule is CCNc1cc(C(=O)N(C)CCC(C)C)ccc1[N+](=O)[O-]. The minimum absolute atomic E-state index is 0.0155. The lowest BCUT2D eigenvalue weighted by Gasteiger charge is -2.18. The summed E-state index contributed by atoms with van der Waals surface area (Å²) in [6.45, 7) is 7.29. The van der Waals surface area contributed by atoms with E-state index in [-0.39, 0.29) is 11.6 Å². The van der Waals surface area contributed by atoms with E-state index in [0.717, 1.165) is 6.42 Å². The number of nitro benzene ring substituents is 1. The van der Waals surface area contributed by atoms with Crippen molar-refractivity contribution < 1.29 is 9.72 Å². The standard InChI is InChI=1S/C15H23N3O3/c1-5-16-13-10-12(6-7-14(13)18(20)21)15(19)17(4)9-8-11(2)3/h6-7,10-11,16H,5,8-9H2,1-4H3. The zero-order valence-corrected chi connectivity index (χ0v) is 13.0. The molecule has 0 radical (unpaired) electrons. The molecule has 0 saturated carbocycles. The van der Waals surface area contributed by atoms with Crippen LogP contribution in [0.5, 0.6) is 0 Å². The molecule has 0 aliphatic carbocycles. The van der Waals surface area contributed by atoms with Crippen molar-refractivity contribution in [2.45, 2.75) is 27.2 Å². The molecule has 116 valence electrons. The van der Waals surface area contributed by atoms with E-state index in [1.807, 2.05) is 6.92 Å². The molecule has 0 unspecified atom stereocenters. The Labute approximate surface area is 125 Å². The minimum atomic E-state index is -0.450. The number of carbonyl (C=O) groups excluding carboxylic acids is 1. The quantitative estimate of drug-likeness (QED) is 0.619. The van der Waals surface area contributed by atoms with Gasteiger partial charge in [0.05, 0.1) is 4.92 Å². The lowest BCUT2D eigenvalue weighted by Crippen LogP contribution is -2.28. The molecule has 0 aromatic heterocycles. The van der Waals surface area contributed by atoms with Crippen molar-refractivity contribution in [2.75, 3.05) is 25.5 Å². The first kappa shape index (κ1) is 16.9. The Morgan fingerprint density at radius 2 is 2.10 bits per heavy atom. The maximum Gasteiger partial charge on any atom is 0.292 e. The highest BCUT2D eigenvalue weighted by molar-refractivity contribution is 5.95. The molecule has 1 aromatic carbocycles. The van der Waals surface area contributed by atoms with Gasteiger partial charge in [-0.05, 0) is 31.4 Å². The number of hydrogen-bond donors (Lipinski definition) is 1. The first-order valence-corrected chi connectivity index (χ1v) is 7.14. The summed E-state index contributed by atoms with van der Waals surface area (Å²) in [5.41, 5.74) is 0.826. The third-order valence-corrected chi connectivity index (χ3v) is 3.20. The molecule has 0 aliphatic rings. The van der Waals surface area contributed by atoms with Crippen molar-refractivity contribution in [1.82, 2.24) is 4.90 Å². The molecule has 6 nitrogen and oxygen atoms in total. The van der Waals surface area contributed by atoms with E-state index in [9.17, 15) is 14.9 Å². The fourth-order valence-electron chi connectivity index (χ4n) is 1.93. The first-order chi connectivity index (χ1) is 9.86. The van der Waals surface area contributed by atoms with Gasteiger partial charge in [0.25, 0.3) is 11.6 Å². The molecule has 0 bridgehead atoms. The number of rotatable bonds is 7. The second-order valence-electron chi connectivity index (χ2n) is 5.43. The molecule has 6 heteroatoms. The third kappa shape index (κ3) is 4.73. The van der Waals surface area contributed by atoms with Crippen molar-refractivity contribution in [2.24, 2.45) is 5.92 Å². The Morgan fingerprint density at radius 3 is 2.62 bits per heavy atom. The van der Waals surface area contributed by atoms with Crippen LogP contribution in [-0.4, -0.2) is 35.9 Å². The fraction of sp³-hybridized carbons (Fsp3) is 0.533. The molecule has 21 heavy (non-hydrogen) atoms. The molecular formula is C15H23N3O3. The van der Waals surface area contributed by atoms with Gasteiger partial charge >= 0.3 is 0 Å². The van der Waals surface area contributed by atoms with Crippen molar-refractivity contribution in [3.05, 3.63) is 33.9 Å². The highest BCUT2D eigenvalue weighted by Crippen LogP contribution is 2.25. The summed E-state index contributed by atoms with van der Waals surface area (Å²) in [6, 6.07) is 4.44. The van der Waals surface area contributed by atoms with Gasteiger partial charge in [0.1, 0.15) is 5.69 Å². The van der Waals surface area contributed by atoms with Crippen molar-refractivity contribution in [3.63, 3.8) is 0 Å². The summed E-state index contributed by atoms with van der Waals surface area (Å²) in [7, 11) is 1.75. The van der Waals surface area contributed by atoms with E-state index in [1.165, 1.54) is 12.1 Å². The number of hydrogen-bond acceptors (Lipinski definition) is 4. The number of amides is 1. The Balaban J connectivity index is 2.94. The normalized spacial score (nSPS) is 10.5. The predicted molar refractivity (Wildman–Crippen MR) is 83.7 cm³/mol. The van der Waals surface area contributed by atoms with Gasteiger partial charge in [0, 0.05) is 31.8 Å². The lowest BCUT2D eigenvalue weighted by atomic mass is 10.1. The van der Waals surface area contributed by atoms with Gasteiger partial charge in [-0.1, -0.05) is 13.8 Å². The summed E-state index contributed by atoms with van der Waals surface area (Å²) >= 11 is 0. The Bertz CT molecular complexity index is 515. The van der Waals surface area contributed by atoms with Crippen LogP contribution in [0.4, 0.5) is 11.4 Å². The predicted octanol–water partition coefficient (Wildman–Crippen LogP) is 3.14. The van der Waals surface area contributed by atoms with Gasteiger partial charge < -0.3 is 10.2 Å². The van der Waals surface area contributed by atoms with Gasteiger partial charge in [0.15, 0.2) is 0 Å². The van der Waals surface area contributed by atoms with E-state index in [2.05, 4.69) is 19.2 Å². The van der Waals surface area contributed by atoms with Crippen molar-refractivity contribution in [3.8, 4) is 0 Å². The Kier molecular flexibility index (Phi) is 6.14. The molecule has 0 heterocycles. The molecule has 0 saturated heterocycles. The summed E-state index contributed by atoms with van der Waals surface area (Å²) in [6.07, 6.45) is 0.926. The zero-order valence-electron chi connectivity index (χ0n) is 13.0. The van der Waals surface area contributed by atoms with Crippen LogP contribution in [0.2, 0.25) is 0 Å². The van der Waals surface area contributed by atoms with Crippen molar-refractivity contribution >= 4 is 17.3 Å². The van der Waals surface area contributed by atoms with E-state index >= 15 is 0 Å². The molecule has 0 aliphatic heterocycles. The maximum absolute atomic E-state index is 12.3. The van der Waals surface area contributed by atoms with E-state index in [4.69, 9.17) is 0 Å². The van der Waals surface area contributed by atoms with Crippen LogP contribution in [0, 0.1) is 16.0 Å². The van der Waals surface area contributed by atoms with E-state index in [0.29, 0.717) is 30.3 Å².